The first-order valence-electron chi connectivity index (χ1n) is 7.28. The molecule has 1 N–H and O–H groups in total. The third kappa shape index (κ3) is 5.36. The van der Waals surface area contributed by atoms with Crippen LogP contribution >= 0.6 is 0 Å². The third-order valence-corrected chi connectivity index (χ3v) is 3.76. The molecule has 1 heterocycles. The molecule has 1 aliphatic rings. The van der Waals surface area contributed by atoms with Crippen LogP contribution in [0.25, 0.3) is 0 Å². The minimum absolute atomic E-state index is 0.592. The van der Waals surface area contributed by atoms with E-state index < -0.39 is 0 Å². The van der Waals surface area contributed by atoms with Crippen molar-refractivity contribution >= 4 is 0 Å². The molecule has 0 aliphatic carbocycles. The third-order valence-electron chi connectivity index (χ3n) is 3.76. The van der Waals surface area contributed by atoms with Crippen molar-refractivity contribution in [1.29, 1.82) is 0 Å². The molecule has 17 heavy (non-hydrogen) atoms. The number of unbranched alkanes of at least 4 members (excludes halogenated alkanes) is 1. The van der Waals surface area contributed by atoms with Gasteiger partial charge in [-0.25, -0.2) is 0 Å². The van der Waals surface area contributed by atoms with Gasteiger partial charge in [0.05, 0.1) is 6.61 Å². The van der Waals surface area contributed by atoms with Crippen molar-refractivity contribution < 1.29 is 4.74 Å². The molecule has 1 saturated heterocycles. The Balaban J connectivity index is 2.44. The molecule has 0 aromatic rings. The van der Waals surface area contributed by atoms with Crippen LogP contribution < -0.4 is 5.32 Å². The quantitative estimate of drug-likeness (QED) is 0.671. The van der Waals surface area contributed by atoms with Gasteiger partial charge in [-0.05, 0) is 38.8 Å². The van der Waals surface area contributed by atoms with Gasteiger partial charge in [-0.3, -0.25) is 4.90 Å². The van der Waals surface area contributed by atoms with Crippen molar-refractivity contribution in [1.82, 2.24) is 10.2 Å². The average Bonchev–Trinajstić information content (AvgIpc) is 2.84. The molecular weight excluding hydrogens is 212 g/mol. The molecule has 0 radical (unpaired) electrons. The fourth-order valence-electron chi connectivity index (χ4n) is 2.65. The zero-order valence-electron chi connectivity index (χ0n) is 11.9. The van der Waals surface area contributed by atoms with Crippen LogP contribution in [-0.4, -0.2) is 50.3 Å². The summed E-state index contributed by atoms with van der Waals surface area (Å²) >= 11 is 0. The highest BCUT2D eigenvalue weighted by atomic mass is 16.5. The van der Waals surface area contributed by atoms with Crippen LogP contribution in [0, 0.1) is 0 Å². The van der Waals surface area contributed by atoms with Crippen molar-refractivity contribution in [2.45, 2.75) is 58.0 Å². The van der Waals surface area contributed by atoms with E-state index in [-0.39, 0.29) is 0 Å². The monoisotopic (exact) mass is 242 g/mol. The number of nitrogens with one attached hydrogen (secondary N) is 1. The van der Waals surface area contributed by atoms with E-state index in [1.54, 1.807) is 0 Å². The fourth-order valence-corrected chi connectivity index (χ4v) is 2.65. The van der Waals surface area contributed by atoms with E-state index in [1.165, 1.54) is 51.7 Å². The van der Waals surface area contributed by atoms with Crippen molar-refractivity contribution in [3.05, 3.63) is 0 Å². The van der Waals surface area contributed by atoms with Gasteiger partial charge in [-0.2, -0.15) is 0 Å². The number of rotatable bonds is 9. The zero-order valence-corrected chi connectivity index (χ0v) is 11.9. The lowest BCUT2D eigenvalue weighted by Gasteiger charge is -2.32. The molecular formula is C14H30N2O. The summed E-state index contributed by atoms with van der Waals surface area (Å²) in [5.74, 6) is 0. The highest BCUT2D eigenvalue weighted by Gasteiger charge is 2.22. The first kappa shape index (κ1) is 14.9. The maximum absolute atomic E-state index is 5.36. The lowest BCUT2D eigenvalue weighted by Crippen LogP contribution is -2.45. The topological polar surface area (TPSA) is 24.5 Å². The fraction of sp³-hybridized carbons (Fsp3) is 1.00. The van der Waals surface area contributed by atoms with Crippen molar-refractivity contribution in [2.24, 2.45) is 0 Å². The molecule has 0 spiro atoms. The highest BCUT2D eigenvalue weighted by molar-refractivity contribution is 4.81. The second-order valence-corrected chi connectivity index (χ2v) is 5.16. The Bertz CT molecular complexity index is 181. The zero-order chi connectivity index (χ0) is 12.5. The van der Waals surface area contributed by atoms with Gasteiger partial charge in [0.2, 0.25) is 0 Å². The SMILES string of the molecule is CCCCN(CC1CCCN1)C(CC)COC. The average molecular weight is 242 g/mol. The van der Waals surface area contributed by atoms with Crippen LogP contribution in [0.2, 0.25) is 0 Å². The van der Waals surface area contributed by atoms with E-state index in [2.05, 4.69) is 24.1 Å². The summed E-state index contributed by atoms with van der Waals surface area (Å²) in [5, 5.41) is 3.60. The molecule has 0 aromatic carbocycles. The summed E-state index contributed by atoms with van der Waals surface area (Å²) in [5.41, 5.74) is 0. The molecule has 0 amide bonds. The van der Waals surface area contributed by atoms with Crippen molar-refractivity contribution in [3.8, 4) is 0 Å². The number of ether oxygens (including phenoxy) is 1. The Morgan fingerprint density at radius 1 is 1.41 bits per heavy atom. The Hall–Kier alpha value is -0.120. The van der Waals surface area contributed by atoms with E-state index in [0.717, 1.165) is 6.61 Å². The summed E-state index contributed by atoms with van der Waals surface area (Å²) < 4.78 is 5.36. The molecule has 0 saturated carbocycles. The largest absolute Gasteiger partial charge is 0.383 e. The predicted molar refractivity (Wildman–Crippen MR) is 73.5 cm³/mol. The summed E-state index contributed by atoms with van der Waals surface area (Å²) in [7, 11) is 1.81. The second kappa shape index (κ2) is 8.90. The van der Waals surface area contributed by atoms with E-state index in [1.807, 2.05) is 7.11 Å². The highest BCUT2D eigenvalue weighted by Crippen LogP contribution is 2.12. The maximum Gasteiger partial charge on any atom is 0.0617 e. The Morgan fingerprint density at radius 2 is 2.24 bits per heavy atom. The smallest absolute Gasteiger partial charge is 0.0617 e. The number of hydrogen-bond acceptors (Lipinski definition) is 3. The molecule has 102 valence electrons. The lowest BCUT2D eigenvalue weighted by atomic mass is 10.1. The number of nitrogens with zero attached hydrogens (tertiary/aromatic N) is 1. The molecule has 0 aromatic heterocycles. The molecule has 1 rings (SSSR count). The van der Waals surface area contributed by atoms with Crippen molar-refractivity contribution in [3.63, 3.8) is 0 Å². The van der Waals surface area contributed by atoms with Crippen LogP contribution in [0.4, 0.5) is 0 Å². The van der Waals surface area contributed by atoms with Crippen molar-refractivity contribution in [2.75, 3.05) is 33.4 Å². The molecule has 2 unspecified atom stereocenters. The standard InChI is InChI=1S/C14H30N2O/c1-4-6-10-16(14(5-2)12-17-3)11-13-8-7-9-15-13/h13-15H,4-12H2,1-3H3. The normalized spacial score (nSPS) is 22.2. The van der Waals surface area contributed by atoms with Gasteiger partial charge >= 0.3 is 0 Å². The van der Waals surface area contributed by atoms with Crippen LogP contribution in [0.15, 0.2) is 0 Å². The predicted octanol–water partition coefficient (Wildman–Crippen LogP) is 2.27. The van der Waals surface area contributed by atoms with Crippen LogP contribution in [0.1, 0.15) is 46.0 Å². The van der Waals surface area contributed by atoms with Gasteiger partial charge in [0.1, 0.15) is 0 Å². The van der Waals surface area contributed by atoms with E-state index in [4.69, 9.17) is 4.74 Å². The van der Waals surface area contributed by atoms with E-state index in [9.17, 15) is 0 Å². The van der Waals surface area contributed by atoms with Gasteiger partial charge in [0.25, 0.3) is 0 Å². The second-order valence-electron chi connectivity index (χ2n) is 5.16. The lowest BCUT2D eigenvalue weighted by molar-refractivity contribution is 0.0808. The van der Waals surface area contributed by atoms with E-state index in [0.29, 0.717) is 12.1 Å². The van der Waals surface area contributed by atoms with Gasteiger partial charge in [0, 0.05) is 25.7 Å². The Labute approximate surface area is 107 Å². The Kier molecular flexibility index (Phi) is 7.82. The molecule has 2 atom stereocenters. The molecule has 0 bridgehead atoms. The summed E-state index contributed by atoms with van der Waals surface area (Å²) in [6.45, 7) is 9.02. The Morgan fingerprint density at radius 3 is 2.76 bits per heavy atom. The van der Waals surface area contributed by atoms with Crippen LogP contribution in [-0.2, 0) is 4.74 Å². The molecule has 3 heteroatoms. The first-order valence-corrected chi connectivity index (χ1v) is 7.28. The van der Waals surface area contributed by atoms with Gasteiger partial charge < -0.3 is 10.1 Å². The van der Waals surface area contributed by atoms with Gasteiger partial charge in [-0.1, -0.05) is 20.3 Å². The summed E-state index contributed by atoms with van der Waals surface area (Å²) in [6.07, 6.45) is 6.44. The van der Waals surface area contributed by atoms with Crippen LogP contribution in [0.3, 0.4) is 0 Å². The maximum atomic E-state index is 5.36. The molecule has 1 fully saturated rings. The first-order chi connectivity index (χ1) is 8.31. The van der Waals surface area contributed by atoms with Gasteiger partial charge in [0.15, 0.2) is 0 Å². The van der Waals surface area contributed by atoms with Gasteiger partial charge in [-0.15, -0.1) is 0 Å². The molecule has 1 aliphatic heterocycles. The minimum Gasteiger partial charge on any atom is -0.383 e. The summed E-state index contributed by atoms with van der Waals surface area (Å²) in [6, 6.07) is 1.30. The van der Waals surface area contributed by atoms with E-state index >= 15 is 0 Å². The number of methoxy groups -OCH3 is 1. The minimum atomic E-state index is 0.592. The van der Waals surface area contributed by atoms with Crippen LogP contribution in [0.5, 0.6) is 0 Å². The summed E-state index contributed by atoms with van der Waals surface area (Å²) in [4.78, 5) is 2.63. The molecule has 3 nitrogen and oxygen atoms in total. The number of hydrogen-bond donors (Lipinski definition) is 1.